The fourth-order valence-electron chi connectivity index (χ4n) is 1.36. The molecule has 1 aromatic carbocycles. The van der Waals surface area contributed by atoms with Crippen LogP contribution >= 0.6 is 27.5 Å². The number of rotatable bonds is 4. The van der Waals surface area contributed by atoms with Crippen molar-refractivity contribution in [3.63, 3.8) is 0 Å². The third kappa shape index (κ3) is 3.94. The van der Waals surface area contributed by atoms with E-state index in [4.69, 9.17) is 22.1 Å². The Morgan fingerprint density at radius 1 is 1.65 bits per heavy atom. The number of carbonyl (C=O) groups excluding carboxylic acids is 1. The molecule has 0 radical (unpaired) electrons. The third-order valence-electron chi connectivity index (χ3n) is 2.11. The molecule has 0 amide bonds. The van der Waals surface area contributed by atoms with Gasteiger partial charge in [-0.1, -0.05) is 11.6 Å². The molecule has 0 saturated heterocycles. The molecule has 0 aliphatic carbocycles. The van der Waals surface area contributed by atoms with E-state index >= 15 is 0 Å². The highest BCUT2D eigenvalue weighted by Crippen LogP contribution is 2.28. The molecule has 0 fully saturated rings. The summed E-state index contributed by atoms with van der Waals surface area (Å²) in [5.41, 5.74) is 5.94. The average molecular weight is 325 g/mol. The third-order valence-corrected chi connectivity index (χ3v) is 2.91. The Labute approximate surface area is 112 Å². The molecule has 94 valence electrons. The van der Waals surface area contributed by atoms with E-state index in [9.17, 15) is 9.18 Å². The van der Waals surface area contributed by atoms with Crippen LogP contribution in [0.5, 0.6) is 0 Å². The number of ether oxygens (including phenoxy) is 1. The number of esters is 1. The van der Waals surface area contributed by atoms with Crippen LogP contribution in [-0.2, 0) is 9.53 Å². The Hall–Kier alpha value is -0.650. The monoisotopic (exact) mass is 323 g/mol. The summed E-state index contributed by atoms with van der Waals surface area (Å²) in [5, 5.41) is 0.354. The van der Waals surface area contributed by atoms with E-state index in [0.717, 1.165) is 0 Å². The highest BCUT2D eigenvalue weighted by Gasteiger charge is 2.18. The molecule has 1 rings (SSSR count). The average Bonchev–Trinajstić information content (AvgIpc) is 2.23. The molecule has 17 heavy (non-hydrogen) atoms. The normalized spacial score (nSPS) is 12.3. The lowest BCUT2D eigenvalue weighted by Crippen LogP contribution is -2.18. The van der Waals surface area contributed by atoms with Gasteiger partial charge < -0.3 is 10.5 Å². The molecule has 0 aromatic heterocycles. The zero-order chi connectivity index (χ0) is 13.0. The molecule has 0 aliphatic heterocycles. The molecule has 0 aliphatic rings. The maximum Gasteiger partial charge on any atom is 0.307 e. The minimum absolute atomic E-state index is 0.0858. The molecule has 6 heteroatoms. The van der Waals surface area contributed by atoms with E-state index in [1.165, 1.54) is 12.1 Å². The van der Waals surface area contributed by atoms with E-state index in [1.54, 1.807) is 6.92 Å². The summed E-state index contributed by atoms with van der Waals surface area (Å²) in [6.07, 6.45) is -0.0858. The fourth-order valence-corrected chi connectivity index (χ4v) is 2.19. The molecule has 1 aromatic rings. The topological polar surface area (TPSA) is 52.3 Å². The molecule has 0 spiro atoms. The standard InChI is InChI=1S/C11H12BrClFNO2/c1-2-17-10(16)5-9(15)7-3-6(13)4-8(12)11(7)14/h3-4,9H,2,5,15H2,1H3/t9-/m0/s1. The molecule has 0 bridgehead atoms. The zero-order valence-electron chi connectivity index (χ0n) is 9.17. The van der Waals surface area contributed by atoms with Crippen LogP contribution in [0.3, 0.4) is 0 Å². The first kappa shape index (κ1) is 14.4. The van der Waals surface area contributed by atoms with Gasteiger partial charge in [-0.2, -0.15) is 0 Å². The van der Waals surface area contributed by atoms with E-state index in [1.807, 2.05) is 0 Å². The predicted molar refractivity (Wildman–Crippen MR) is 67.3 cm³/mol. The predicted octanol–water partition coefficient (Wildman–Crippen LogP) is 3.19. The van der Waals surface area contributed by atoms with Gasteiger partial charge in [-0.25, -0.2) is 4.39 Å². The van der Waals surface area contributed by atoms with Gasteiger partial charge >= 0.3 is 5.97 Å². The molecular weight excluding hydrogens is 312 g/mol. The summed E-state index contributed by atoms with van der Waals surface area (Å²) in [6.45, 7) is 1.97. The number of nitrogens with two attached hydrogens (primary N) is 1. The van der Waals surface area contributed by atoms with Gasteiger partial charge in [0, 0.05) is 16.6 Å². The Bertz CT molecular complexity index is 428. The molecule has 0 unspecified atom stereocenters. The highest BCUT2D eigenvalue weighted by atomic mass is 79.9. The second-order valence-electron chi connectivity index (χ2n) is 3.41. The van der Waals surface area contributed by atoms with Gasteiger partial charge in [0.15, 0.2) is 0 Å². The molecular formula is C11H12BrClFNO2. The van der Waals surface area contributed by atoms with E-state index < -0.39 is 17.8 Å². The van der Waals surface area contributed by atoms with Crippen LogP contribution in [0.1, 0.15) is 24.9 Å². The second-order valence-corrected chi connectivity index (χ2v) is 4.70. The van der Waals surface area contributed by atoms with Gasteiger partial charge in [0.05, 0.1) is 17.5 Å². The van der Waals surface area contributed by atoms with Gasteiger partial charge in [0.25, 0.3) is 0 Å². The Morgan fingerprint density at radius 3 is 2.88 bits per heavy atom. The molecule has 0 saturated carbocycles. The van der Waals surface area contributed by atoms with Crippen molar-refractivity contribution >= 4 is 33.5 Å². The lowest BCUT2D eigenvalue weighted by atomic mass is 10.0. The van der Waals surface area contributed by atoms with Gasteiger partial charge in [-0.3, -0.25) is 4.79 Å². The lowest BCUT2D eigenvalue weighted by Gasteiger charge is -2.13. The van der Waals surface area contributed by atoms with E-state index in [0.29, 0.717) is 5.02 Å². The smallest absolute Gasteiger partial charge is 0.307 e. The highest BCUT2D eigenvalue weighted by molar-refractivity contribution is 9.10. The van der Waals surface area contributed by atoms with E-state index in [2.05, 4.69) is 15.9 Å². The van der Waals surface area contributed by atoms with Crippen LogP contribution in [0.4, 0.5) is 4.39 Å². The van der Waals surface area contributed by atoms with Crippen LogP contribution in [0.2, 0.25) is 5.02 Å². The number of hydrogen-bond acceptors (Lipinski definition) is 3. The summed E-state index contributed by atoms with van der Waals surface area (Å²) in [7, 11) is 0. The van der Waals surface area contributed by atoms with Gasteiger partial charge in [-0.05, 0) is 35.0 Å². The Kier molecular flexibility index (Phi) is 5.36. The maximum atomic E-state index is 13.7. The Balaban J connectivity index is 2.88. The van der Waals surface area contributed by atoms with Crippen LogP contribution in [0.25, 0.3) is 0 Å². The number of halogens is 3. The van der Waals surface area contributed by atoms with Gasteiger partial charge in [0.2, 0.25) is 0 Å². The van der Waals surface area contributed by atoms with E-state index in [-0.39, 0.29) is 23.1 Å². The lowest BCUT2D eigenvalue weighted by molar-refractivity contribution is -0.143. The van der Waals surface area contributed by atoms with Gasteiger partial charge in [-0.15, -0.1) is 0 Å². The van der Waals surface area contributed by atoms with Crippen LogP contribution in [-0.4, -0.2) is 12.6 Å². The zero-order valence-corrected chi connectivity index (χ0v) is 11.5. The molecule has 2 N–H and O–H groups in total. The number of benzene rings is 1. The van der Waals surface area contributed by atoms with Crippen molar-refractivity contribution in [1.82, 2.24) is 0 Å². The molecule has 1 atom stereocenters. The first-order chi connectivity index (χ1) is 7.95. The maximum absolute atomic E-state index is 13.7. The van der Waals surface area contributed by atoms with Crippen molar-refractivity contribution in [3.05, 3.63) is 33.0 Å². The summed E-state index contributed by atoms with van der Waals surface area (Å²) < 4.78 is 18.7. The quantitative estimate of drug-likeness (QED) is 0.683. The summed E-state index contributed by atoms with van der Waals surface area (Å²) in [6, 6.07) is 2.06. The fraction of sp³-hybridized carbons (Fsp3) is 0.364. The SMILES string of the molecule is CCOC(=O)C[C@H](N)c1cc(Cl)cc(Br)c1F. The molecule has 3 nitrogen and oxygen atoms in total. The summed E-state index contributed by atoms with van der Waals surface area (Å²) in [5.74, 6) is -0.971. The minimum Gasteiger partial charge on any atom is -0.466 e. The first-order valence-electron chi connectivity index (χ1n) is 5.01. The first-order valence-corrected chi connectivity index (χ1v) is 6.18. The van der Waals surface area contributed by atoms with Crippen molar-refractivity contribution in [2.75, 3.05) is 6.61 Å². The largest absolute Gasteiger partial charge is 0.466 e. The number of hydrogen-bond donors (Lipinski definition) is 1. The molecule has 0 heterocycles. The van der Waals surface area contributed by atoms with Crippen LogP contribution in [0, 0.1) is 5.82 Å². The second kappa shape index (κ2) is 6.33. The summed E-state index contributed by atoms with van der Waals surface area (Å²) >= 11 is 8.83. The van der Waals surface area contributed by atoms with Crippen molar-refractivity contribution in [2.24, 2.45) is 5.73 Å². The van der Waals surface area contributed by atoms with Crippen molar-refractivity contribution in [2.45, 2.75) is 19.4 Å². The summed E-state index contributed by atoms with van der Waals surface area (Å²) in [4.78, 5) is 11.2. The van der Waals surface area contributed by atoms with Crippen molar-refractivity contribution < 1.29 is 13.9 Å². The van der Waals surface area contributed by atoms with Crippen LogP contribution in [0.15, 0.2) is 16.6 Å². The van der Waals surface area contributed by atoms with Crippen molar-refractivity contribution in [1.29, 1.82) is 0 Å². The van der Waals surface area contributed by atoms with Gasteiger partial charge in [0.1, 0.15) is 5.82 Å². The van der Waals surface area contributed by atoms with Crippen molar-refractivity contribution in [3.8, 4) is 0 Å². The van der Waals surface area contributed by atoms with Crippen LogP contribution < -0.4 is 5.73 Å². The Morgan fingerprint density at radius 2 is 2.29 bits per heavy atom. The minimum atomic E-state index is -0.774. The number of carbonyl (C=O) groups is 1.